The van der Waals surface area contributed by atoms with Crippen molar-refractivity contribution in [3.8, 4) is 0 Å². The Hall–Kier alpha value is -3.13. The van der Waals surface area contributed by atoms with Crippen molar-refractivity contribution < 1.29 is 4.79 Å². The van der Waals surface area contributed by atoms with E-state index in [4.69, 9.17) is 4.98 Å². The molecule has 0 radical (unpaired) electrons. The number of thioether (sulfide) groups is 1. The van der Waals surface area contributed by atoms with Crippen LogP contribution in [0.5, 0.6) is 0 Å². The van der Waals surface area contributed by atoms with Crippen molar-refractivity contribution >= 4 is 40.2 Å². The van der Waals surface area contributed by atoms with Gasteiger partial charge in [-0.3, -0.25) is 9.89 Å². The molecule has 3 aromatic rings. The Kier molecular flexibility index (Phi) is 4.88. The third-order valence-electron chi connectivity index (χ3n) is 4.01. The Morgan fingerprint density at radius 3 is 2.78 bits per heavy atom. The van der Waals surface area contributed by atoms with E-state index in [0.717, 1.165) is 46.0 Å². The summed E-state index contributed by atoms with van der Waals surface area (Å²) in [6.45, 7) is 1.52. The van der Waals surface area contributed by atoms with Gasteiger partial charge in [0.25, 0.3) is 0 Å². The zero-order valence-electron chi connectivity index (χ0n) is 14.7. The van der Waals surface area contributed by atoms with Crippen LogP contribution >= 0.6 is 11.8 Å². The van der Waals surface area contributed by atoms with E-state index in [2.05, 4.69) is 25.8 Å². The fourth-order valence-electron chi connectivity index (χ4n) is 2.80. The van der Waals surface area contributed by atoms with Crippen molar-refractivity contribution in [2.24, 2.45) is 0 Å². The number of nitrogens with one attached hydrogen (secondary N) is 3. The highest BCUT2D eigenvalue weighted by Gasteiger charge is 2.13. The molecule has 1 aliphatic carbocycles. The number of carbonyl (C=O) groups is 1. The van der Waals surface area contributed by atoms with Crippen molar-refractivity contribution in [2.45, 2.75) is 24.9 Å². The Labute approximate surface area is 160 Å². The van der Waals surface area contributed by atoms with Gasteiger partial charge in [-0.2, -0.15) is 5.10 Å². The highest BCUT2D eigenvalue weighted by Crippen LogP contribution is 2.33. The van der Waals surface area contributed by atoms with Crippen LogP contribution in [0.2, 0.25) is 0 Å². The maximum atomic E-state index is 11.2. The summed E-state index contributed by atoms with van der Waals surface area (Å²) in [6, 6.07) is 9.75. The number of para-hydroxylation sites is 1. The molecule has 0 fully saturated rings. The molecule has 1 amide bonds. The average molecular weight is 378 g/mol. The topological polar surface area (TPSA) is 95.6 Å². The molecular formula is C19H18N6OS. The monoisotopic (exact) mass is 378 g/mol. The third kappa shape index (κ3) is 4.17. The van der Waals surface area contributed by atoms with Gasteiger partial charge >= 0.3 is 0 Å². The molecule has 8 heteroatoms. The van der Waals surface area contributed by atoms with Gasteiger partial charge in [0.2, 0.25) is 5.91 Å². The lowest BCUT2D eigenvalue weighted by atomic mass is 10.1. The van der Waals surface area contributed by atoms with Crippen molar-refractivity contribution in [2.75, 3.05) is 5.32 Å². The summed E-state index contributed by atoms with van der Waals surface area (Å²) in [4.78, 5) is 21.7. The number of benzene rings is 1. The SMILES string of the molecule is CC(=O)NC1=CC=C(Sc2nc(Nc3ccn[nH]3)c3ccccc3n2)CC1. The normalized spacial score (nSPS) is 13.8. The van der Waals surface area contributed by atoms with Gasteiger partial charge in [-0.25, -0.2) is 9.97 Å². The second kappa shape index (κ2) is 7.63. The summed E-state index contributed by atoms with van der Waals surface area (Å²) in [5.74, 6) is 1.46. The van der Waals surface area contributed by atoms with Gasteiger partial charge in [-0.15, -0.1) is 0 Å². The minimum atomic E-state index is -0.0434. The molecule has 7 nitrogen and oxygen atoms in total. The van der Waals surface area contributed by atoms with E-state index >= 15 is 0 Å². The number of hydrogen-bond acceptors (Lipinski definition) is 6. The van der Waals surface area contributed by atoms with E-state index in [1.54, 1.807) is 18.0 Å². The highest BCUT2D eigenvalue weighted by molar-refractivity contribution is 8.02. The zero-order chi connectivity index (χ0) is 18.6. The van der Waals surface area contributed by atoms with Gasteiger partial charge in [-0.1, -0.05) is 30.0 Å². The number of amides is 1. The number of carbonyl (C=O) groups excluding carboxylic acids is 1. The van der Waals surface area contributed by atoms with Crippen LogP contribution in [0.1, 0.15) is 19.8 Å². The Bertz CT molecular complexity index is 1040. The molecule has 3 N–H and O–H groups in total. The van der Waals surface area contributed by atoms with E-state index in [9.17, 15) is 4.79 Å². The second-order valence-electron chi connectivity index (χ2n) is 6.08. The van der Waals surface area contributed by atoms with E-state index in [0.29, 0.717) is 5.16 Å². The van der Waals surface area contributed by atoms with E-state index in [1.165, 1.54) is 6.92 Å². The second-order valence-corrected chi connectivity index (χ2v) is 7.17. The van der Waals surface area contributed by atoms with Crippen LogP contribution in [0.15, 0.2) is 64.4 Å². The lowest BCUT2D eigenvalue weighted by molar-refractivity contribution is -0.118. The number of hydrogen-bond donors (Lipinski definition) is 3. The number of fused-ring (bicyclic) bond motifs is 1. The summed E-state index contributed by atoms with van der Waals surface area (Å²) in [6.07, 6.45) is 7.28. The van der Waals surface area contributed by atoms with E-state index < -0.39 is 0 Å². The number of anilines is 2. The molecule has 27 heavy (non-hydrogen) atoms. The molecule has 0 spiro atoms. The van der Waals surface area contributed by atoms with Crippen LogP contribution in [0.4, 0.5) is 11.6 Å². The van der Waals surface area contributed by atoms with Crippen molar-refractivity contribution in [1.82, 2.24) is 25.5 Å². The first-order valence-electron chi connectivity index (χ1n) is 8.56. The van der Waals surface area contributed by atoms with Crippen LogP contribution in [0.25, 0.3) is 10.9 Å². The molecule has 0 aliphatic heterocycles. The standard InChI is InChI=1S/C19H18N6OS/c1-12(26)21-13-6-8-14(9-7-13)27-19-22-16-5-3-2-4-15(16)18(24-19)23-17-10-11-20-25-17/h2-6,8,10-11H,7,9H2,1H3,(H,21,26)(H2,20,22,23,24,25). The van der Waals surface area contributed by atoms with Crippen molar-refractivity contribution in [1.29, 1.82) is 0 Å². The molecule has 4 rings (SSSR count). The summed E-state index contributed by atoms with van der Waals surface area (Å²) in [5, 5.41) is 14.6. The first kappa shape index (κ1) is 17.3. The molecule has 1 aromatic carbocycles. The molecule has 1 aliphatic rings. The molecule has 0 saturated heterocycles. The molecule has 0 saturated carbocycles. The zero-order valence-corrected chi connectivity index (χ0v) is 15.5. The smallest absolute Gasteiger partial charge is 0.220 e. The maximum absolute atomic E-state index is 11.2. The number of rotatable bonds is 5. The lowest BCUT2D eigenvalue weighted by Gasteiger charge is -2.15. The first-order valence-corrected chi connectivity index (χ1v) is 9.37. The quantitative estimate of drug-likeness (QED) is 0.583. The average Bonchev–Trinajstić information content (AvgIpc) is 3.16. The van der Waals surface area contributed by atoms with E-state index in [1.807, 2.05) is 42.5 Å². The van der Waals surface area contributed by atoms with Gasteiger partial charge in [0, 0.05) is 24.1 Å². The van der Waals surface area contributed by atoms with Crippen molar-refractivity contribution in [3.63, 3.8) is 0 Å². The largest absolute Gasteiger partial charge is 0.330 e. The molecule has 0 bridgehead atoms. The predicted octanol–water partition coefficient (Wildman–Crippen LogP) is 3.89. The van der Waals surface area contributed by atoms with Crippen LogP contribution in [0.3, 0.4) is 0 Å². The van der Waals surface area contributed by atoms with Gasteiger partial charge < -0.3 is 10.6 Å². The predicted molar refractivity (Wildman–Crippen MR) is 106 cm³/mol. The van der Waals surface area contributed by atoms with Crippen molar-refractivity contribution in [3.05, 3.63) is 59.3 Å². The lowest BCUT2D eigenvalue weighted by Crippen LogP contribution is -2.19. The Morgan fingerprint density at radius 2 is 2.04 bits per heavy atom. The Balaban J connectivity index is 1.61. The summed E-state index contributed by atoms with van der Waals surface area (Å²) in [5.41, 5.74) is 1.82. The van der Waals surface area contributed by atoms with Crippen LogP contribution in [-0.4, -0.2) is 26.1 Å². The fraction of sp³-hybridized carbons (Fsp3) is 0.158. The number of aromatic amines is 1. The molecule has 0 atom stereocenters. The van der Waals surface area contributed by atoms with Gasteiger partial charge in [0.1, 0.15) is 11.6 Å². The fourth-order valence-corrected chi connectivity index (χ4v) is 3.66. The van der Waals surface area contributed by atoms with Crippen LogP contribution < -0.4 is 10.6 Å². The van der Waals surface area contributed by atoms with Gasteiger partial charge in [0.15, 0.2) is 5.16 Å². The summed E-state index contributed by atoms with van der Waals surface area (Å²) >= 11 is 1.54. The number of nitrogens with zero attached hydrogens (tertiary/aromatic N) is 3. The third-order valence-corrected chi connectivity index (χ3v) is 4.97. The number of allylic oxidation sites excluding steroid dienone is 4. The molecule has 136 valence electrons. The number of H-pyrrole nitrogens is 1. The van der Waals surface area contributed by atoms with Crippen LogP contribution in [-0.2, 0) is 4.79 Å². The summed E-state index contributed by atoms with van der Waals surface area (Å²) in [7, 11) is 0. The minimum Gasteiger partial charge on any atom is -0.330 e. The Morgan fingerprint density at radius 1 is 1.15 bits per heavy atom. The molecular weight excluding hydrogens is 360 g/mol. The van der Waals surface area contributed by atoms with Gasteiger partial charge in [0.05, 0.1) is 11.7 Å². The van der Waals surface area contributed by atoms with Gasteiger partial charge in [-0.05, 0) is 36.0 Å². The first-order chi connectivity index (χ1) is 13.2. The maximum Gasteiger partial charge on any atom is 0.220 e. The van der Waals surface area contributed by atoms with Crippen LogP contribution in [0, 0.1) is 0 Å². The van der Waals surface area contributed by atoms with E-state index in [-0.39, 0.29) is 5.91 Å². The molecule has 0 unspecified atom stereocenters. The molecule has 2 aromatic heterocycles. The minimum absolute atomic E-state index is 0.0434. The number of aromatic nitrogens is 4. The summed E-state index contributed by atoms with van der Waals surface area (Å²) < 4.78 is 0. The highest BCUT2D eigenvalue weighted by atomic mass is 32.2. The molecule has 2 heterocycles.